The van der Waals surface area contributed by atoms with Crippen molar-refractivity contribution in [1.29, 1.82) is 0 Å². The van der Waals surface area contributed by atoms with E-state index >= 15 is 0 Å². The topological polar surface area (TPSA) is 37.4 Å². The van der Waals surface area contributed by atoms with Crippen LogP contribution in [0.15, 0.2) is 96.2 Å². The molecule has 4 aromatic rings. The van der Waals surface area contributed by atoms with Gasteiger partial charge in [0.25, 0.3) is 0 Å². The summed E-state index contributed by atoms with van der Waals surface area (Å²) in [4.78, 5) is 28.8. The number of fused-ring (bicyclic) bond motifs is 5. The van der Waals surface area contributed by atoms with Crippen molar-refractivity contribution < 1.29 is 9.59 Å². The maximum Gasteiger partial charge on any atom is 0.197 e. The number of hydrogen-bond donors (Lipinski definition) is 0. The Morgan fingerprint density at radius 2 is 1.35 bits per heavy atom. The Morgan fingerprint density at radius 1 is 0.765 bits per heavy atom. The lowest BCUT2D eigenvalue weighted by Gasteiger charge is -2.26. The summed E-state index contributed by atoms with van der Waals surface area (Å²) >= 11 is 0. The zero-order chi connectivity index (χ0) is 23.6. The molecule has 0 unspecified atom stereocenters. The van der Waals surface area contributed by atoms with Crippen LogP contribution in [0.3, 0.4) is 0 Å². The second-order valence-corrected chi connectivity index (χ2v) is 9.59. The molecule has 1 heterocycles. The van der Waals surface area contributed by atoms with Crippen LogP contribution in [-0.4, -0.2) is 18.1 Å². The minimum Gasteiger partial charge on any atom is -0.344 e. The highest BCUT2D eigenvalue weighted by Crippen LogP contribution is 2.50. The fourth-order valence-corrected chi connectivity index (χ4v) is 5.70. The molecular weight excluding hydrogens is 418 g/mol. The van der Waals surface area contributed by atoms with Gasteiger partial charge in [0.05, 0.1) is 5.57 Å². The van der Waals surface area contributed by atoms with E-state index in [0.29, 0.717) is 11.1 Å². The van der Waals surface area contributed by atoms with Crippen LogP contribution in [-0.2, 0) is 5.41 Å². The zero-order valence-corrected chi connectivity index (χ0v) is 19.6. The predicted octanol–water partition coefficient (Wildman–Crippen LogP) is 7.00. The summed E-state index contributed by atoms with van der Waals surface area (Å²) in [5.74, 6) is -0.381. The summed E-state index contributed by atoms with van der Waals surface area (Å²) in [6.07, 6.45) is 3.72. The Labute approximate surface area is 199 Å². The summed E-state index contributed by atoms with van der Waals surface area (Å²) in [5.41, 5.74) is 4.54. The molecule has 4 aromatic carbocycles. The van der Waals surface area contributed by atoms with Gasteiger partial charge >= 0.3 is 0 Å². The Balaban J connectivity index is 1.48. The van der Waals surface area contributed by atoms with Crippen LogP contribution >= 0.6 is 0 Å². The van der Waals surface area contributed by atoms with Gasteiger partial charge in [0.2, 0.25) is 0 Å². The minimum absolute atomic E-state index is 0.190. The van der Waals surface area contributed by atoms with Crippen molar-refractivity contribution >= 4 is 38.8 Å². The first kappa shape index (κ1) is 20.6. The van der Waals surface area contributed by atoms with Gasteiger partial charge in [-0.15, -0.1) is 0 Å². The number of allylic oxidation sites excluding steroid dienone is 4. The third kappa shape index (κ3) is 2.76. The Hall–Kier alpha value is -3.98. The third-order valence-corrected chi connectivity index (χ3v) is 7.34. The van der Waals surface area contributed by atoms with Crippen LogP contribution in [0.25, 0.3) is 21.5 Å². The standard InChI is InChI=1S/C31H25NO2/c1-4-32-26-15-13-19-9-7-8-12-22(19)28(26)31(2,3)27(32)16-14-23-29(33)24-17-20-10-5-6-11-21(20)18-25(24)30(23)34/h5-18H,4H2,1-3H3/b27-16+. The molecule has 0 saturated heterocycles. The number of ketones is 2. The van der Waals surface area contributed by atoms with Crippen LogP contribution in [0.1, 0.15) is 47.1 Å². The smallest absolute Gasteiger partial charge is 0.197 e. The van der Waals surface area contributed by atoms with Gasteiger partial charge in [0, 0.05) is 34.5 Å². The molecule has 0 bridgehead atoms. The molecule has 3 nitrogen and oxygen atoms in total. The van der Waals surface area contributed by atoms with Crippen LogP contribution < -0.4 is 4.90 Å². The van der Waals surface area contributed by atoms with Gasteiger partial charge in [0.1, 0.15) is 0 Å². The first-order valence-corrected chi connectivity index (χ1v) is 11.8. The Bertz CT molecular complexity index is 1550. The van der Waals surface area contributed by atoms with Crippen molar-refractivity contribution in [2.24, 2.45) is 0 Å². The molecule has 2 aliphatic rings. The van der Waals surface area contributed by atoms with Crippen molar-refractivity contribution in [3.05, 3.63) is 113 Å². The monoisotopic (exact) mass is 443 g/mol. The molecule has 1 aliphatic heterocycles. The maximum absolute atomic E-state index is 13.2. The van der Waals surface area contributed by atoms with Gasteiger partial charge in [0.15, 0.2) is 11.6 Å². The third-order valence-electron chi connectivity index (χ3n) is 7.34. The normalized spacial score (nSPS) is 17.7. The van der Waals surface area contributed by atoms with Gasteiger partial charge in [-0.1, -0.05) is 68.4 Å². The van der Waals surface area contributed by atoms with Gasteiger partial charge in [-0.2, -0.15) is 0 Å². The molecule has 3 heteroatoms. The van der Waals surface area contributed by atoms with E-state index in [1.807, 2.05) is 42.5 Å². The van der Waals surface area contributed by atoms with E-state index in [0.717, 1.165) is 23.0 Å². The van der Waals surface area contributed by atoms with E-state index in [-0.39, 0.29) is 22.6 Å². The lowest BCUT2D eigenvalue weighted by molar-refractivity contribution is 0.0988. The van der Waals surface area contributed by atoms with Crippen molar-refractivity contribution in [2.45, 2.75) is 26.2 Å². The van der Waals surface area contributed by atoms with E-state index in [4.69, 9.17) is 0 Å². The quantitative estimate of drug-likeness (QED) is 0.247. The summed E-state index contributed by atoms with van der Waals surface area (Å²) in [7, 11) is 0. The summed E-state index contributed by atoms with van der Waals surface area (Å²) in [5, 5.41) is 4.40. The van der Waals surface area contributed by atoms with Crippen LogP contribution in [0.4, 0.5) is 5.69 Å². The molecule has 0 radical (unpaired) electrons. The average Bonchev–Trinajstić information content (AvgIpc) is 3.22. The van der Waals surface area contributed by atoms with Crippen molar-refractivity contribution in [1.82, 2.24) is 0 Å². The molecule has 0 fully saturated rings. The first-order valence-electron chi connectivity index (χ1n) is 11.8. The minimum atomic E-state index is -0.268. The number of anilines is 1. The number of hydrogen-bond acceptors (Lipinski definition) is 3. The molecular formula is C31H25NO2. The SMILES string of the molecule is CCN1/C(=C/C=C2C(=O)c3cc4ccccc4cc3C2=O)C(C)(C)c2c1ccc1ccccc21. The van der Waals surface area contributed by atoms with E-state index in [9.17, 15) is 9.59 Å². The maximum atomic E-state index is 13.2. The number of carbonyl (C=O) groups excluding carboxylic acids is 2. The van der Waals surface area contributed by atoms with Crippen molar-refractivity contribution in [3.8, 4) is 0 Å². The molecule has 166 valence electrons. The van der Waals surface area contributed by atoms with E-state index < -0.39 is 0 Å². The molecule has 34 heavy (non-hydrogen) atoms. The number of rotatable bonds is 2. The lowest BCUT2D eigenvalue weighted by Crippen LogP contribution is -2.25. The van der Waals surface area contributed by atoms with Crippen LogP contribution in [0.5, 0.6) is 0 Å². The van der Waals surface area contributed by atoms with E-state index in [1.54, 1.807) is 6.08 Å². The highest BCUT2D eigenvalue weighted by molar-refractivity contribution is 6.40. The number of likely N-dealkylation sites (N-methyl/N-ethyl adjacent to an activating group) is 1. The Morgan fingerprint density at radius 3 is 1.97 bits per heavy atom. The van der Waals surface area contributed by atoms with Gasteiger partial charge in [-0.05, 0) is 64.4 Å². The fourth-order valence-electron chi connectivity index (χ4n) is 5.70. The molecule has 0 aromatic heterocycles. The molecule has 0 atom stereocenters. The second kappa shape index (κ2) is 7.26. The number of nitrogens with zero attached hydrogens (tertiary/aromatic N) is 1. The molecule has 0 spiro atoms. The van der Waals surface area contributed by atoms with Crippen molar-refractivity contribution in [3.63, 3.8) is 0 Å². The fraction of sp³-hybridized carbons (Fsp3) is 0.161. The van der Waals surface area contributed by atoms with Crippen LogP contribution in [0.2, 0.25) is 0 Å². The first-order chi connectivity index (χ1) is 16.4. The lowest BCUT2D eigenvalue weighted by atomic mass is 9.81. The summed E-state index contributed by atoms with van der Waals surface area (Å²) in [6.45, 7) is 7.38. The van der Waals surface area contributed by atoms with Crippen LogP contribution in [0, 0.1) is 0 Å². The molecule has 0 saturated carbocycles. The number of benzene rings is 4. The number of carbonyl (C=O) groups is 2. The average molecular weight is 444 g/mol. The van der Waals surface area contributed by atoms with Gasteiger partial charge in [-0.25, -0.2) is 0 Å². The summed E-state index contributed by atoms with van der Waals surface area (Å²) < 4.78 is 0. The van der Waals surface area contributed by atoms with Crippen molar-refractivity contribution in [2.75, 3.05) is 11.4 Å². The molecule has 1 aliphatic carbocycles. The highest BCUT2D eigenvalue weighted by atomic mass is 16.2. The largest absolute Gasteiger partial charge is 0.344 e. The van der Waals surface area contributed by atoms with Gasteiger partial charge < -0.3 is 4.90 Å². The predicted molar refractivity (Wildman–Crippen MR) is 139 cm³/mol. The van der Waals surface area contributed by atoms with Gasteiger partial charge in [-0.3, -0.25) is 9.59 Å². The summed E-state index contributed by atoms with van der Waals surface area (Å²) in [6, 6.07) is 24.3. The number of Topliss-reactive ketones (excluding diaryl/α,β-unsaturated/α-hetero) is 2. The van der Waals surface area contributed by atoms with E-state index in [1.165, 1.54) is 22.0 Å². The molecule has 0 N–H and O–H groups in total. The molecule has 0 amide bonds. The molecule has 6 rings (SSSR count). The highest BCUT2D eigenvalue weighted by Gasteiger charge is 2.41. The van der Waals surface area contributed by atoms with E-state index in [2.05, 4.69) is 62.1 Å². The zero-order valence-electron chi connectivity index (χ0n) is 19.6. The second-order valence-electron chi connectivity index (χ2n) is 9.59. The Kier molecular flexibility index (Phi) is 4.40.